The Labute approximate surface area is 118 Å². The van der Waals surface area contributed by atoms with E-state index >= 15 is 0 Å². The largest absolute Gasteiger partial charge is 0.478 e. The number of aromatic nitrogens is 1. The van der Waals surface area contributed by atoms with E-state index in [2.05, 4.69) is 4.98 Å². The molecule has 0 unspecified atom stereocenters. The third-order valence-corrected chi connectivity index (χ3v) is 3.36. The van der Waals surface area contributed by atoms with Gasteiger partial charge < -0.3 is 5.11 Å². The lowest BCUT2D eigenvalue weighted by atomic mass is 10.1. The van der Waals surface area contributed by atoms with Crippen molar-refractivity contribution in [1.29, 1.82) is 0 Å². The number of carbonyl (C=O) groups is 1. The number of aromatic carboxylic acids is 1. The predicted molar refractivity (Wildman–Crippen MR) is 71.7 cm³/mol. The molecule has 0 bridgehead atoms. The number of hydrogen-bond donors (Lipinski definition) is 1. The highest BCUT2D eigenvalue weighted by Gasteiger charge is 2.12. The molecule has 18 heavy (non-hydrogen) atoms. The maximum Gasteiger partial charge on any atom is 0.338 e. The summed E-state index contributed by atoms with van der Waals surface area (Å²) in [4.78, 5) is 14.8. The Morgan fingerprint density at radius 2 is 1.78 bits per heavy atom. The molecule has 0 atom stereocenters. The molecule has 0 radical (unpaired) electrons. The van der Waals surface area contributed by atoms with Crippen molar-refractivity contribution in [2.75, 3.05) is 0 Å². The van der Waals surface area contributed by atoms with Gasteiger partial charge in [-0.3, -0.25) is 0 Å². The molecule has 2 rings (SSSR count). The Balaban J connectivity index is 2.54. The highest BCUT2D eigenvalue weighted by Crippen LogP contribution is 2.29. The first-order valence-corrected chi connectivity index (χ1v) is 5.96. The maximum absolute atomic E-state index is 11.0. The van der Waals surface area contributed by atoms with Crippen molar-refractivity contribution in [1.82, 2.24) is 4.98 Å². The summed E-state index contributed by atoms with van der Waals surface area (Å²) in [6, 6.07) is 6.44. The van der Waals surface area contributed by atoms with Crippen molar-refractivity contribution < 1.29 is 9.90 Å². The summed E-state index contributed by atoms with van der Waals surface area (Å²) in [6.07, 6.45) is 1.48. The molecule has 2 aromatic rings. The lowest BCUT2D eigenvalue weighted by Gasteiger charge is -2.05. The summed E-state index contributed by atoms with van der Waals surface area (Å²) in [5.41, 5.74) is 1.27. The molecule has 0 saturated carbocycles. The SMILES string of the molecule is O=C(O)c1cc(-c2ccc(Cl)c(Cl)c2)cnc1Cl. The summed E-state index contributed by atoms with van der Waals surface area (Å²) < 4.78 is 0. The van der Waals surface area contributed by atoms with Gasteiger partial charge in [-0.15, -0.1) is 0 Å². The molecular weight excluding hydrogens is 296 g/mol. The number of pyridine rings is 1. The lowest BCUT2D eigenvalue weighted by molar-refractivity contribution is 0.0696. The number of carboxylic acid groups (broad SMARTS) is 1. The van der Waals surface area contributed by atoms with E-state index < -0.39 is 5.97 Å². The van der Waals surface area contributed by atoms with Crippen molar-refractivity contribution in [2.24, 2.45) is 0 Å². The summed E-state index contributed by atoms with van der Waals surface area (Å²) in [5.74, 6) is -1.13. The summed E-state index contributed by atoms with van der Waals surface area (Å²) in [6.45, 7) is 0. The van der Waals surface area contributed by atoms with E-state index in [1.807, 2.05) is 0 Å². The molecule has 0 spiro atoms. The first-order chi connectivity index (χ1) is 8.49. The molecular formula is C12H6Cl3NO2. The Kier molecular flexibility index (Phi) is 3.76. The van der Waals surface area contributed by atoms with Gasteiger partial charge in [-0.05, 0) is 23.8 Å². The minimum absolute atomic E-state index is 0.0497. The van der Waals surface area contributed by atoms with Crippen LogP contribution in [-0.4, -0.2) is 16.1 Å². The quantitative estimate of drug-likeness (QED) is 0.836. The van der Waals surface area contributed by atoms with Crippen LogP contribution in [-0.2, 0) is 0 Å². The van der Waals surface area contributed by atoms with Crippen LogP contribution in [0, 0.1) is 0 Å². The average Bonchev–Trinajstić information content (AvgIpc) is 2.33. The van der Waals surface area contributed by atoms with Gasteiger partial charge in [0, 0.05) is 11.8 Å². The molecule has 0 aliphatic heterocycles. The standard InChI is InChI=1S/C12H6Cl3NO2/c13-9-2-1-6(4-10(9)14)7-3-8(12(17)18)11(15)16-5-7/h1-5H,(H,17,18). The molecule has 1 N–H and O–H groups in total. The number of carboxylic acids is 1. The second-order valence-corrected chi connectivity index (χ2v) is 4.67. The minimum atomic E-state index is -1.13. The van der Waals surface area contributed by atoms with Crippen molar-refractivity contribution >= 4 is 40.8 Å². The van der Waals surface area contributed by atoms with Crippen LogP contribution >= 0.6 is 34.8 Å². The molecule has 0 aliphatic rings. The van der Waals surface area contributed by atoms with Gasteiger partial charge in [-0.2, -0.15) is 0 Å². The second-order valence-electron chi connectivity index (χ2n) is 3.50. The number of halogens is 3. The van der Waals surface area contributed by atoms with Crippen molar-refractivity contribution in [3.05, 3.63) is 51.2 Å². The van der Waals surface area contributed by atoms with Crippen LogP contribution in [0.5, 0.6) is 0 Å². The van der Waals surface area contributed by atoms with Gasteiger partial charge >= 0.3 is 5.97 Å². The van der Waals surface area contributed by atoms with E-state index in [-0.39, 0.29) is 10.7 Å². The van der Waals surface area contributed by atoms with Gasteiger partial charge in [0.1, 0.15) is 5.15 Å². The van der Waals surface area contributed by atoms with Gasteiger partial charge in [0.05, 0.1) is 15.6 Å². The Morgan fingerprint density at radius 3 is 2.39 bits per heavy atom. The van der Waals surface area contributed by atoms with Crippen molar-refractivity contribution in [3.8, 4) is 11.1 Å². The first-order valence-electron chi connectivity index (χ1n) is 4.83. The van der Waals surface area contributed by atoms with Crippen LogP contribution in [0.25, 0.3) is 11.1 Å². The fourth-order valence-electron chi connectivity index (χ4n) is 1.43. The molecule has 1 aromatic carbocycles. The molecule has 92 valence electrons. The molecule has 0 fully saturated rings. The third kappa shape index (κ3) is 2.58. The normalized spacial score (nSPS) is 10.4. The topological polar surface area (TPSA) is 50.2 Å². The molecule has 1 heterocycles. The highest BCUT2D eigenvalue weighted by atomic mass is 35.5. The lowest BCUT2D eigenvalue weighted by Crippen LogP contribution is -1.99. The molecule has 0 aliphatic carbocycles. The number of rotatable bonds is 2. The number of hydrogen-bond acceptors (Lipinski definition) is 2. The summed E-state index contributed by atoms with van der Waals surface area (Å²) >= 11 is 17.4. The van der Waals surface area contributed by atoms with Crippen LogP contribution in [0.15, 0.2) is 30.5 Å². The Hall–Kier alpha value is -1.29. The molecule has 0 amide bonds. The average molecular weight is 303 g/mol. The minimum Gasteiger partial charge on any atom is -0.478 e. The van der Waals surface area contributed by atoms with Gasteiger partial charge in [0.25, 0.3) is 0 Å². The van der Waals surface area contributed by atoms with Crippen LogP contribution in [0.2, 0.25) is 15.2 Å². The zero-order chi connectivity index (χ0) is 13.3. The van der Waals surface area contributed by atoms with E-state index in [4.69, 9.17) is 39.9 Å². The van der Waals surface area contributed by atoms with Gasteiger partial charge in [0.15, 0.2) is 0 Å². The zero-order valence-electron chi connectivity index (χ0n) is 8.82. The Bertz CT molecular complexity index is 629. The highest BCUT2D eigenvalue weighted by molar-refractivity contribution is 6.42. The van der Waals surface area contributed by atoms with E-state index in [0.29, 0.717) is 15.6 Å². The molecule has 1 aromatic heterocycles. The summed E-state index contributed by atoms with van der Waals surface area (Å²) in [5, 5.41) is 9.74. The van der Waals surface area contributed by atoms with Gasteiger partial charge in [-0.1, -0.05) is 40.9 Å². The zero-order valence-corrected chi connectivity index (χ0v) is 11.1. The molecule has 0 saturated heterocycles. The van der Waals surface area contributed by atoms with Crippen LogP contribution < -0.4 is 0 Å². The number of nitrogens with zero attached hydrogens (tertiary/aromatic N) is 1. The molecule has 3 nitrogen and oxygen atoms in total. The van der Waals surface area contributed by atoms with Gasteiger partial charge in [0.2, 0.25) is 0 Å². The second kappa shape index (κ2) is 5.14. The van der Waals surface area contributed by atoms with E-state index in [1.54, 1.807) is 18.2 Å². The molecule has 6 heteroatoms. The predicted octanol–water partition coefficient (Wildman–Crippen LogP) is 4.41. The summed E-state index contributed by atoms with van der Waals surface area (Å²) in [7, 11) is 0. The fourth-order valence-corrected chi connectivity index (χ4v) is 1.91. The van der Waals surface area contributed by atoms with Crippen LogP contribution in [0.3, 0.4) is 0 Å². The monoisotopic (exact) mass is 301 g/mol. The smallest absolute Gasteiger partial charge is 0.338 e. The third-order valence-electron chi connectivity index (χ3n) is 2.32. The number of benzene rings is 1. The van der Waals surface area contributed by atoms with Crippen molar-refractivity contribution in [2.45, 2.75) is 0 Å². The van der Waals surface area contributed by atoms with Crippen LogP contribution in [0.1, 0.15) is 10.4 Å². The van der Waals surface area contributed by atoms with Gasteiger partial charge in [-0.25, -0.2) is 9.78 Å². The van der Waals surface area contributed by atoms with E-state index in [9.17, 15) is 4.79 Å². The van der Waals surface area contributed by atoms with Crippen LogP contribution in [0.4, 0.5) is 0 Å². The first kappa shape index (κ1) is 13.1. The van der Waals surface area contributed by atoms with E-state index in [0.717, 1.165) is 5.56 Å². The maximum atomic E-state index is 11.0. The van der Waals surface area contributed by atoms with E-state index in [1.165, 1.54) is 12.3 Å². The Morgan fingerprint density at radius 1 is 1.06 bits per heavy atom. The van der Waals surface area contributed by atoms with Crippen molar-refractivity contribution in [3.63, 3.8) is 0 Å². The fraction of sp³-hybridized carbons (Fsp3) is 0.